The lowest BCUT2D eigenvalue weighted by Gasteiger charge is -2.43. The molecule has 0 heterocycles. The standard InChI is InChI=1S/C12H20O2/c1-14-12-7-3-5-10-9(8-13)4-2-6-11(10)12/h8-12H,2-7H2,1H3. The molecule has 0 radical (unpaired) electrons. The number of rotatable bonds is 2. The minimum Gasteiger partial charge on any atom is -0.381 e. The van der Waals surface area contributed by atoms with Crippen LogP contribution in [0, 0.1) is 17.8 Å². The van der Waals surface area contributed by atoms with E-state index in [0.717, 1.165) is 6.42 Å². The molecule has 0 aromatic carbocycles. The first-order chi connectivity index (χ1) is 6.86. The lowest BCUT2D eigenvalue weighted by atomic mass is 9.65. The highest BCUT2D eigenvalue weighted by Gasteiger charge is 2.39. The molecule has 2 nitrogen and oxygen atoms in total. The van der Waals surface area contributed by atoms with E-state index in [2.05, 4.69) is 0 Å². The monoisotopic (exact) mass is 196 g/mol. The van der Waals surface area contributed by atoms with Crippen LogP contribution in [0.25, 0.3) is 0 Å². The molecule has 2 saturated carbocycles. The van der Waals surface area contributed by atoms with Crippen LogP contribution in [0.15, 0.2) is 0 Å². The maximum absolute atomic E-state index is 11.0. The topological polar surface area (TPSA) is 26.3 Å². The molecular formula is C12H20O2. The Morgan fingerprint density at radius 3 is 2.50 bits per heavy atom. The van der Waals surface area contributed by atoms with Crippen molar-refractivity contribution in [2.45, 2.75) is 44.6 Å². The average Bonchev–Trinajstić information content (AvgIpc) is 2.27. The van der Waals surface area contributed by atoms with Gasteiger partial charge in [-0.25, -0.2) is 0 Å². The van der Waals surface area contributed by atoms with E-state index >= 15 is 0 Å². The van der Waals surface area contributed by atoms with Crippen LogP contribution in [0.4, 0.5) is 0 Å². The quantitative estimate of drug-likeness (QED) is 0.634. The van der Waals surface area contributed by atoms with Gasteiger partial charge in [0.1, 0.15) is 6.29 Å². The van der Waals surface area contributed by atoms with Crippen LogP contribution in [0.2, 0.25) is 0 Å². The third-order valence-corrected chi connectivity index (χ3v) is 4.16. The molecule has 0 N–H and O–H groups in total. The fraction of sp³-hybridized carbons (Fsp3) is 0.917. The summed E-state index contributed by atoms with van der Waals surface area (Å²) in [4.78, 5) is 11.0. The zero-order valence-corrected chi connectivity index (χ0v) is 8.95. The molecule has 0 amide bonds. The summed E-state index contributed by atoms with van der Waals surface area (Å²) in [5.41, 5.74) is 0. The van der Waals surface area contributed by atoms with Crippen molar-refractivity contribution in [3.05, 3.63) is 0 Å². The van der Waals surface area contributed by atoms with Crippen molar-refractivity contribution in [3.8, 4) is 0 Å². The van der Waals surface area contributed by atoms with Gasteiger partial charge in [0.25, 0.3) is 0 Å². The van der Waals surface area contributed by atoms with Crippen molar-refractivity contribution in [3.63, 3.8) is 0 Å². The van der Waals surface area contributed by atoms with Crippen LogP contribution >= 0.6 is 0 Å². The Morgan fingerprint density at radius 2 is 1.79 bits per heavy atom. The molecule has 0 aliphatic heterocycles. The minimum absolute atomic E-state index is 0.326. The van der Waals surface area contributed by atoms with Crippen LogP contribution in [-0.4, -0.2) is 19.5 Å². The smallest absolute Gasteiger partial charge is 0.123 e. The zero-order chi connectivity index (χ0) is 9.97. The van der Waals surface area contributed by atoms with Crippen LogP contribution < -0.4 is 0 Å². The van der Waals surface area contributed by atoms with Crippen molar-refractivity contribution < 1.29 is 9.53 Å². The number of carbonyl (C=O) groups excluding carboxylic acids is 1. The molecule has 2 aliphatic carbocycles. The second kappa shape index (κ2) is 4.43. The van der Waals surface area contributed by atoms with Gasteiger partial charge in [0.05, 0.1) is 6.10 Å². The Balaban J connectivity index is 2.08. The summed E-state index contributed by atoms with van der Waals surface area (Å²) in [6, 6.07) is 0. The third kappa shape index (κ3) is 1.72. The molecule has 2 fully saturated rings. The largest absolute Gasteiger partial charge is 0.381 e. The molecule has 0 aromatic rings. The van der Waals surface area contributed by atoms with Gasteiger partial charge >= 0.3 is 0 Å². The van der Waals surface area contributed by atoms with Gasteiger partial charge in [-0.2, -0.15) is 0 Å². The van der Waals surface area contributed by atoms with E-state index in [-0.39, 0.29) is 0 Å². The molecule has 0 spiro atoms. The number of ether oxygens (including phenoxy) is 1. The maximum atomic E-state index is 11.0. The summed E-state index contributed by atoms with van der Waals surface area (Å²) in [6.07, 6.45) is 8.89. The van der Waals surface area contributed by atoms with Crippen molar-refractivity contribution in [1.82, 2.24) is 0 Å². The molecule has 0 saturated heterocycles. The second-order valence-electron chi connectivity index (χ2n) is 4.76. The Bertz CT molecular complexity index is 202. The average molecular weight is 196 g/mol. The Morgan fingerprint density at radius 1 is 1.07 bits per heavy atom. The lowest BCUT2D eigenvalue weighted by molar-refractivity contribution is -0.118. The third-order valence-electron chi connectivity index (χ3n) is 4.16. The highest BCUT2D eigenvalue weighted by atomic mass is 16.5. The number of fused-ring (bicyclic) bond motifs is 1. The van der Waals surface area contributed by atoms with Crippen molar-refractivity contribution >= 4 is 6.29 Å². The highest BCUT2D eigenvalue weighted by Crippen LogP contribution is 2.43. The normalized spacial score (nSPS) is 42.9. The van der Waals surface area contributed by atoms with Gasteiger partial charge in [-0.1, -0.05) is 12.8 Å². The van der Waals surface area contributed by atoms with E-state index in [0.29, 0.717) is 23.9 Å². The number of carbonyl (C=O) groups is 1. The van der Waals surface area contributed by atoms with Crippen molar-refractivity contribution in [2.75, 3.05) is 7.11 Å². The Kier molecular flexibility index (Phi) is 3.22. The summed E-state index contributed by atoms with van der Waals surface area (Å²) in [5.74, 6) is 1.62. The number of hydrogen-bond acceptors (Lipinski definition) is 2. The molecule has 4 unspecified atom stereocenters. The van der Waals surface area contributed by atoms with Crippen molar-refractivity contribution in [1.29, 1.82) is 0 Å². The summed E-state index contributed by atoms with van der Waals surface area (Å²) in [5, 5.41) is 0. The first-order valence-electron chi connectivity index (χ1n) is 5.85. The van der Waals surface area contributed by atoms with Gasteiger partial charge in [-0.05, 0) is 37.5 Å². The predicted octanol–water partition coefficient (Wildman–Crippen LogP) is 2.42. The van der Waals surface area contributed by atoms with Gasteiger partial charge < -0.3 is 9.53 Å². The van der Waals surface area contributed by atoms with E-state index < -0.39 is 0 Å². The minimum atomic E-state index is 0.326. The molecule has 2 heteroatoms. The van der Waals surface area contributed by atoms with E-state index in [1.54, 1.807) is 0 Å². The van der Waals surface area contributed by atoms with Crippen LogP contribution in [0.3, 0.4) is 0 Å². The van der Waals surface area contributed by atoms with E-state index in [1.165, 1.54) is 38.4 Å². The Labute approximate surface area is 86.0 Å². The summed E-state index contributed by atoms with van der Waals surface area (Å²) in [6.45, 7) is 0. The molecule has 4 atom stereocenters. The van der Waals surface area contributed by atoms with Gasteiger partial charge in [-0.15, -0.1) is 0 Å². The number of hydrogen-bond donors (Lipinski definition) is 0. The number of methoxy groups -OCH3 is 1. The summed E-state index contributed by atoms with van der Waals surface area (Å²) >= 11 is 0. The lowest BCUT2D eigenvalue weighted by Crippen LogP contribution is -2.40. The first-order valence-corrected chi connectivity index (χ1v) is 5.85. The van der Waals surface area contributed by atoms with E-state index in [4.69, 9.17) is 4.74 Å². The molecule has 2 rings (SSSR count). The van der Waals surface area contributed by atoms with Gasteiger partial charge in [-0.3, -0.25) is 0 Å². The molecule has 80 valence electrons. The van der Waals surface area contributed by atoms with Crippen molar-refractivity contribution in [2.24, 2.45) is 17.8 Å². The zero-order valence-electron chi connectivity index (χ0n) is 8.95. The predicted molar refractivity (Wildman–Crippen MR) is 55.0 cm³/mol. The first kappa shape index (κ1) is 10.2. The van der Waals surface area contributed by atoms with E-state index in [9.17, 15) is 4.79 Å². The fourth-order valence-corrected chi connectivity index (χ4v) is 3.46. The van der Waals surface area contributed by atoms with Gasteiger partial charge in [0, 0.05) is 13.0 Å². The molecule has 0 bridgehead atoms. The summed E-state index contributed by atoms with van der Waals surface area (Å²) in [7, 11) is 1.82. The molecular weight excluding hydrogens is 176 g/mol. The number of aldehydes is 1. The fourth-order valence-electron chi connectivity index (χ4n) is 3.46. The van der Waals surface area contributed by atoms with Crippen LogP contribution in [0.5, 0.6) is 0 Å². The Hall–Kier alpha value is -0.370. The van der Waals surface area contributed by atoms with Gasteiger partial charge in [0.2, 0.25) is 0 Å². The molecule has 0 aromatic heterocycles. The summed E-state index contributed by atoms with van der Waals surface area (Å²) < 4.78 is 5.54. The second-order valence-corrected chi connectivity index (χ2v) is 4.76. The SMILES string of the molecule is COC1CCCC2C(C=O)CCCC12. The highest BCUT2D eigenvalue weighted by molar-refractivity contribution is 5.54. The molecule has 2 aliphatic rings. The van der Waals surface area contributed by atoms with Crippen LogP contribution in [0.1, 0.15) is 38.5 Å². The van der Waals surface area contributed by atoms with Crippen LogP contribution in [-0.2, 0) is 9.53 Å². The van der Waals surface area contributed by atoms with E-state index in [1.807, 2.05) is 7.11 Å². The maximum Gasteiger partial charge on any atom is 0.123 e. The van der Waals surface area contributed by atoms with Gasteiger partial charge in [0.15, 0.2) is 0 Å². The molecule has 14 heavy (non-hydrogen) atoms.